The number of ketones is 1. The highest BCUT2D eigenvalue weighted by Crippen LogP contribution is 2.25. The van der Waals surface area contributed by atoms with Gasteiger partial charge in [0.15, 0.2) is 5.78 Å². The number of nitrogens with zero attached hydrogens (tertiary/aromatic N) is 1. The summed E-state index contributed by atoms with van der Waals surface area (Å²) in [4.78, 5) is 42.1. The Labute approximate surface area is 95.9 Å². The number of nitro benzene ring substituents is 1. The number of benzene rings is 1. The molecule has 0 atom stereocenters. The van der Waals surface area contributed by atoms with Gasteiger partial charge in [0.25, 0.3) is 5.69 Å². The van der Waals surface area contributed by atoms with Gasteiger partial charge in [0, 0.05) is 17.7 Å². The molecule has 0 fully saturated rings. The molecule has 0 unspecified atom stereocenters. The first-order chi connectivity index (χ1) is 7.61. The van der Waals surface area contributed by atoms with E-state index in [0.717, 1.165) is 0 Å². The molecule has 0 aliphatic carbocycles. The third-order valence-corrected chi connectivity index (χ3v) is 1.46. The van der Waals surface area contributed by atoms with E-state index in [1.165, 1.54) is 25.1 Å². The van der Waals surface area contributed by atoms with E-state index in [0.29, 0.717) is 5.56 Å². The highest BCUT2D eigenvalue weighted by atomic mass is 31.2. The molecule has 1 aromatic rings. The molecule has 1 aromatic carbocycles. The van der Waals surface area contributed by atoms with Gasteiger partial charge in [-0.15, -0.1) is 0 Å². The van der Waals surface area contributed by atoms with Crippen molar-refractivity contribution < 1.29 is 29.0 Å². The Morgan fingerprint density at radius 3 is 2.18 bits per heavy atom. The van der Waals surface area contributed by atoms with Crippen molar-refractivity contribution in [2.45, 2.75) is 6.92 Å². The molecule has 0 saturated heterocycles. The van der Waals surface area contributed by atoms with Gasteiger partial charge in [0.1, 0.15) is 0 Å². The fourth-order valence-corrected chi connectivity index (χ4v) is 0.838. The minimum Gasteiger partial charge on any atom is -0.303 e. The number of rotatable bonds is 2. The molecule has 0 bridgehead atoms. The number of non-ortho nitro benzene ring substituents is 1. The van der Waals surface area contributed by atoms with Crippen LogP contribution in [0.2, 0.25) is 0 Å². The first-order valence-electron chi connectivity index (χ1n) is 4.15. The lowest BCUT2D eigenvalue weighted by molar-refractivity contribution is -0.384. The summed E-state index contributed by atoms with van der Waals surface area (Å²) in [5.74, 6) is -0.168. The molecule has 9 heteroatoms. The van der Waals surface area contributed by atoms with Gasteiger partial charge in [-0.2, -0.15) is 0 Å². The molecule has 94 valence electrons. The average Bonchev–Trinajstić information content (AvgIpc) is 2.15. The van der Waals surface area contributed by atoms with Gasteiger partial charge in [-0.05, 0) is 6.92 Å². The Bertz CT molecular complexity index is 429. The van der Waals surface area contributed by atoms with E-state index < -0.39 is 12.7 Å². The van der Waals surface area contributed by atoms with Crippen LogP contribution in [-0.2, 0) is 4.57 Å². The summed E-state index contributed by atoms with van der Waals surface area (Å²) in [6, 6.07) is 5.67. The van der Waals surface area contributed by atoms with Crippen LogP contribution in [0.1, 0.15) is 17.3 Å². The van der Waals surface area contributed by atoms with Crippen LogP contribution in [0.25, 0.3) is 0 Å². The topological polar surface area (TPSA) is 138 Å². The second kappa shape index (κ2) is 6.21. The predicted octanol–water partition coefficient (Wildman–Crippen LogP) is 0.869. The second-order valence-electron chi connectivity index (χ2n) is 2.88. The van der Waals surface area contributed by atoms with Crippen molar-refractivity contribution in [2.24, 2.45) is 0 Å². The molecule has 0 heterocycles. The van der Waals surface area contributed by atoms with Gasteiger partial charge < -0.3 is 14.7 Å². The van der Waals surface area contributed by atoms with Gasteiger partial charge in [-0.1, -0.05) is 12.1 Å². The molecular weight excluding hydrogens is 253 g/mol. The molecule has 0 spiro atoms. The molecule has 0 aromatic heterocycles. The maximum Gasteiger partial charge on any atom is 0.466 e. The van der Waals surface area contributed by atoms with Crippen LogP contribution in [0.3, 0.4) is 0 Å². The number of hydrogen-bond donors (Lipinski definition) is 3. The van der Waals surface area contributed by atoms with Gasteiger partial charge >= 0.3 is 7.82 Å². The molecule has 0 radical (unpaired) electrons. The minimum absolute atomic E-state index is 0.0531. The van der Waals surface area contributed by atoms with E-state index in [1.807, 2.05) is 0 Å². The summed E-state index contributed by atoms with van der Waals surface area (Å²) in [5, 5.41) is 10.3. The molecule has 0 amide bonds. The van der Waals surface area contributed by atoms with Crippen molar-refractivity contribution in [3.05, 3.63) is 39.9 Å². The van der Waals surface area contributed by atoms with Crippen LogP contribution >= 0.6 is 7.82 Å². The Morgan fingerprint density at radius 1 is 1.35 bits per heavy atom. The van der Waals surface area contributed by atoms with Crippen molar-refractivity contribution in [1.82, 2.24) is 0 Å². The summed E-state index contributed by atoms with van der Waals surface area (Å²) >= 11 is 0. The van der Waals surface area contributed by atoms with Gasteiger partial charge in [0.05, 0.1) is 4.92 Å². The number of nitro groups is 1. The van der Waals surface area contributed by atoms with E-state index in [1.54, 1.807) is 6.07 Å². The summed E-state index contributed by atoms with van der Waals surface area (Å²) in [7, 11) is -4.64. The van der Waals surface area contributed by atoms with Crippen molar-refractivity contribution in [1.29, 1.82) is 0 Å². The molecule has 0 saturated carbocycles. The lowest BCUT2D eigenvalue weighted by Crippen LogP contribution is -1.94. The molecule has 3 N–H and O–H groups in total. The lowest BCUT2D eigenvalue weighted by Gasteiger charge is -1.93. The average molecular weight is 263 g/mol. The van der Waals surface area contributed by atoms with Crippen LogP contribution in [0.5, 0.6) is 0 Å². The zero-order chi connectivity index (χ0) is 13.6. The fourth-order valence-electron chi connectivity index (χ4n) is 0.838. The predicted molar refractivity (Wildman–Crippen MR) is 57.4 cm³/mol. The number of phosphoric acid groups is 1. The normalized spacial score (nSPS) is 10.1. The van der Waals surface area contributed by atoms with E-state index in [-0.39, 0.29) is 11.5 Å². The van der Waals surface area contributed by atoms with E-state index in [2.05, 4.69) is 0 Å². The van der Waals surface area contributed by atoms with Crippen molar-refractivity contribution in [3.8, 4) is 0 Å². The summed E-state index contributed by atoms with van der Waals surface area (Å²) in [6.45, 7) is 1.37. The Kier molecular flexibility index (Phi) is 5.63. The smallest absolute Gasteiger partial charge is 0.303 e. The van der Waals surface area contributed by atoms with Crippen LogP contribution in [0.4, 0.5) is 5.69 Å². The zero-order valence-corrected chi connectivity index (χ0v) is 9.57. The molecule has 8 nitrogen and oxygen atoms in total. The Balaban J connectivity index is 0.000000437. The summed E-state index contributed by atoms with van der Waals surface area (Å²) < 4.78 is 8.88. The Hall–Kier alpha value is -1.60. The third kappa shape index (κ3) is 8.23. The minimum atomic E-state index is -4.64. The number of carbonyl (C=O) groups is 1. The summed E-state index contributed by atoms with van der Waals surface area (Å²) in [6.07, 6.45) is 0. The highest BCUT2D eigenvalue weighted by molar-refractivity contribution is 7.45. The van der Waals surface area contributed by atoms with Crippen LogP contribution in [0.15, 0.2) is 24.3 Å². The van der Waals surface area contributed by atoms with Gasteiger partial charge in [0.2, 0.25) is 0 Å². The van der Waals surface area contributed by atoms with Crippen molar-refractivity contribution in [2.75, 3.05) is 0 Å². The van der Waals surface area contributed by atoms with Crippen LogP contribution in [0, 0.1) is 10.1 Å². The highest BCUT2D eigenvalue weighted by Gasteiger charge is 2.07. The van der Waals surface area contributed by atoms with Crippen molar-refractivity contribution >= 4 is 19.3 Å². The van der Waals surface area contributed by atoms with Gasteiger partial charge in [-0.25, -0.2) is 4.57 Å². The quantitative estimate of drug-likeness (QED) is 0.311. The zero-order valence-electron chi connectivity index (χ0n) is 8.68. The van der Waals surface area contributed by atoms with E-state index in [9.17, 15) is 14.9 Å². The molecular formula is C8H10NO7P. The van der Waals surface area contributed by atoms with E-state index >= 15 is 0 Å². The standard InChI is InChI=1S/C8H7NO3.H3O4P/c1-6(10)7-3-2-4-8(5-7)9(11)12;1-5(2,3)4/h2-5H,1H3;(H3,1,2,3,4). The van der Waals surface area contributed by atoms with Crippen LogP contribution < -0.4 is 0 Å². The monoisotopic (exact) mass is 263 g/mol. The third-order valence-electron chi connectivity index (χ3n) is 1.46. The van der Waals surface area contributed by atoms with Gasteiger partial charge in [-0.3, -0.25) is 14.9 Å². The first kappa shape index (κ1) is 15.4. The Morgan fingerprint density at radius 2 is 1.82 bits per heavy atom. The first-order valence-corrected chi connectivity index (χ1v) is 5.71. The largest absolute Gasteiger partial charge is 0.466 e. The lowest BCUT2D eigenvalue weighted by atomic mass is 10.1. The number of carbonyl (C=O) groups excluding carboxylic acids is 1. The fraction of sp³-hybridized carbons (Fsp3) is 0.125. The maximum atomic E-state index is 10.8. The number of hydrogen-bond acceptors (Lipinski definition) is 4. The molecule has 1 rings (SSSR count). The molecule has 17 heavy (non-hydrogen) atoms. The SMILES string of the molecule is CC(=O)c1cccc([N+](=O)[O-])c1.O=P(O)(O)O. The van der Waals surface area contributed by atoms with Crippen molar-refractivity contribution in [3.63, 3.8) is 0 Å². The molecule has 0 aliphatic heterocycles. The summed E-state index contributed by atoms with van der Waals surface area (Å²) in [5.41, 5.74) is 0.312. The molecule has 0 aliphatic rings. The van der Waals surface area contributed by atoms with E-state index in [4.69, 9.17) is 19.2 Å². The number of Topliss-reactive ketones (excluding diaryl/α,β-unsaturated/α-hetero) is 1. The van der Waals surface area contributed by atoms with Crippen LogP contribution in [-0.4, -0.2) is 25.4 Å². The second-order valence-corrected chi connectivity index (χ2v) is 3.90. The maximum absolute atomic E-state index is 10.8.